The van der Waals surface area contributed by atoms with Gasteiger partial charge in [-0.05, 0) is 106 Å². The first-order valence-electron chi connectivity index (χ1n) is 26.7. The molecule has 438 valence electrons. The van der Waals surface area contributed by atoms with Crippen molar-refractivity contribution in [2.45, 2.75) is 196 Å². The minimum Gasteiger partial charge on any atom is -0.444 e. The van der Waals surface area contributed by atoms with Crippen LogP contribution in [0.3, 0.4) is 0 Å². The third-order valence-electron chi connectivity index (χ3n) is 13.9. The number of sulfonamides is 1. The molecule has 1 saturated heterocycles. The Morgan fingerprint density at radius 2 is 1.25 bits per heavy atom. The number of amides is 8. The number of ether oxygens (including phenoxy) is 2. The van der Waals surface area contributed by atoms with Crippen molar-refractivity contribution in [2.75, 3.05) is 19.6 Å². The molecule has 1 aromatic carbocycles. The summed E-state index contributed by atoms with van der Waals surface area (Å²) in [6.07, 6.45) is 2.12. The van der Waals surface area contributed by atoms with Crippen LogP contribution in [0, 0.1) is 46.3 Å². The zero-order valence-corrected chi connectivity index (χ0v) is 49.6. The van der Waals surface area contributed by atoms with E-state index in [9.17, 15) is 46.8 Å². The molecule has 1 heterocycles. The number of benzene rings is 1. The normalized spacial score (nSPS) is 19.9. The van der Waals surface area contributed by atoms with Gasteiger partial charge >= 0.3 is 18.2 Å². The van der Waals surface area contributed by atoms with Crippen molar-refractivity contribution in [2.24, 2.45) is 63.5 Å². The standard InChI is InChI=1S/C34H52N6O7S.C10H20N2O3.C10H22N2O2/c1-19(2)24(17-36-48(46,47)21-14-9-8-10-15-21)38-32(45)39-28(33(3,4)5)31(44)40-18-22-25(34(22,6)7)26(40)30(43)37-23(27(41)29(35)42)16-20-12-11-13-20;1-6(2)7(8(11)13)12-9(14)15-10(3,4)5;1-7(2)8(6-11)12-9(13)14-10(3,4)5/h8-10,14-15,19-20,22-26,28,36H,11-13,16-18H2,1-7H3,(H2,35,42)(H,37,43)(H2,38,39,45);6-7H,1-5H3,(H2,11,13)(H,12,14);7-8H,6,11H2,1-5H3,(H,12,13)/t22-,23?,24+,25-,26-,28+;7-;8-/m001/s1. The average molecular weight is 1110 g/mol. The number of primary amides is 2. The summed E-state index contributed by atoms with van der Waals surface area (Å²) >= 11 is 0. The molecule has 4 rings (SSSR count). The van der Waals surface area contributed by atoms with E-state index >= 15 is 0 Å². The highest BCUT2D eigenvalue weighted by atomic mass is 32.2. The number of Topliss-reactive ketones (excluding diaryl/α,β-unsaturated/α-hetero) is 1. The van der Waals surface area contributed by atoms with E-state index in [1.165, 1.54) is 17.0 Å². The molecule has 0 bridgehead atoms. The summed E-state index contributed by atoms with van der Waals surface area (Å²) in [6.45, 7) is 32.2. The number of hydrogen-bond donors (Lipinski definition) is 9. The predicted molar refractivity (Wildman–Crippen MR) is 294 cm³/mol. The first-order chi connectivity index (χ1) is 35.1. The molecule has 1 unspecified atom stereocenters. The molecule has 3 fully saturated rings. The summed E-state index contributed by atoms with van der Waals surface area (Å²) in [5.74, 6) is -3.28. The second kappa shape index (κ2) is 27.9. The van der Waals surface area contributed by atoms with E-state index in [1.807, 2.05) is 62.3 Å². The third kappa shape index (κ3) is 21.3. The van der Waals surface area contributed by atoms with Crippen LogP contribution < -0.4 is 48.5 Å². The Balaban J connectivity index is 0.000000570. The molecular weight excluding hydrogens is 1010 g/mol. The van der Waals surface area contributed by atoms with Gasteiger partial charge in [-0.15, -0.1) is 0 Å². The minimum atomic E-state index is -3.81. The average Bonchev–Trinajstić information content (AvgIpc) is 3.55. The number of alkyl carbamates (subject to hydrolysis) is 2. The highest BCUT2D eigenvalue weighted by molar-refractivity contribution is 7.89. The number of carbonyl (C=O) groups is 8. The van der Waals surface area contributed by atoms with Crippen LogP contribution in [0.25, 0.3) is 0 Å². The van der Waals surface area contributed by atoms with E-state index in [1.54, 1.807) is 73.6 Å². The van der Waals surface area contributed by atoms with E-state index < -0.39 is 104 Å². The van der Waals surface area contributed by atoms with Gasteiger partial charge in [-0.1, -0.05) is 114 Å². The summed E-state index contributed by atoms with van der Waals surface area (Å²) in [4.78, 5) is 101. The van der Waals surface area contributed by atoms with E-state index in [-0.39, 0.29) is 52.5 Å². The molecule has 0 aromatic heterocycles. The SMILES string of the molecule is CC(C)[C@@H](CN)NC(=O)OC(C)(C)C.CC(C)[C@@H](CNS(=O)(=O)c1ccccc1)NC(=O)N[C@H](C(=O)N1C[C@H]2[C@@H]([C@H]1C(=O)NC(CC1CCC1)C(=O)C(N)=O)C2(C)C)C(C)(C)C.CC(C)[C@H](NC(=O)OC(C)(C)C)C(N)=O. The molecule has 2 aliphatic carbocycles. The van der Waals surface area contributed by atoms with Crippen LogP contribution in [0.2, 0.25) is 0 Å². The lowest BCUT2D eigenvalue weighted by Crippen LogP contribution is -2.62. The number of fused-ring (bicyclic) bond motifs is 1. The molecule has 0 radical (unpaired) electrons. The highest BCUT2D eigenvalue weighted by Crippen LogP contribution is 2.65. The van der Waals surface area contributed by atoms with Crippen LogP contribution in [-0.4, -0.2) is 128 Å². The van der Waals surface area contributed by atoms with Gasteiger partial charge in [-0.3, -0.25) is 24.0 Å². The molecule has 23 heteroatoms. The molecule has 77 heavy (non-hydrogen) atoms. The number of rotatable bonds is 20. The first-order valence-corrected chi connectivity index (χ1v) is 28.2. The van der Waals surface area contributed by atoms with E-state index in [2.05, 4.69) is 31.3 Å². The first kappa shape index (κ1) is 67.6. The molecule has 0 spiro atoms. The van der Waals surface area contributed by atoms with Crippen molar-refractivity contribution in [3.05, 3.63) is 30.3 Å². The van der Waals surface area contributed by atoms with Crippen LogP contribution in [0.5, 0.6) is 0 Å². The molecular formula is C54H94N10O12S. The summed E-state index contributed by atoms with van der Waals surface area (Å²) < 4.78 is 38.3. The van der Waals surface area contributed by atoms with Crippen molar-refractivity contribution in [1.82, 2.24) is 36.2 Å². The molecule has 1 aromatic rings. The Morgan fingerprint density at radius 3 is 1.66 bits per heavy atom. The van der Waals surface area contributed by atoms with Gasteiger partial charge in [0, 0.05) is 31.7 Å². The van der Waals surface area contributed by atoms with Crippen molar-refractivity contribution in [3.63, 3.8) is 0 Å². The number of nitrogens with two attached hydrogens (primary N) is 3. The monoisotopic (exact) mass is 1110 g/mol. The number of carbonyl (C=O) groups excluding carboxylic acids is 8. The maximum Gasteiger partial charge on any atom is 0.408 e. The Bertz CT molecular complexity index is 2310. The molecule has 8 atom stereocenters. The fourth-order valence-corrected chi connectivity index (χ4v) is 10.1. The number of piperidine rings is 1. The quantitative estimate of drug-likeness (QED) is 0.0817. The molecule has 12 N–H and O–H groups in total. The zero-order valence-electron chi connectivity index (χ0n) is 48.8. The highest BCUT2D eigenvalue weighted by Gasteiger charge is 2.70. The van der Waals surface area contributed by atoms with Gasteiger partial charge in [0.25, 0.3) is 5.91 Å². The Labute approximate surface area is 457 Å². The molecule has 3 aliphatic rings. The van der Waals surface area contributed by atoms with E-state index in [0.29, 0.717) is 25.4 Å². The molecule has 1 aliphatic heterocycles. The number of hydrogen-bond acceptors (Lipinski definition) is 13. The van der Waals surface area contributed by atoms with Crippen molar-refractivity contribution < 1.29 is 56.2 Å². The zero-order chi connectivity index (χ0) is 59.3. The number of nitrogens with zero attached hydrogens (tertiary/aromatic N) is 1. The van der Waals surface area contributed by atoms with Crippen LogP contribution in [-0.2, 0) is 43.5 Å². The molecule has 8 amide bonds. The number of ketones is 1. The van der Waals surface area contributed by atoms with Gasteiger partial charge in [0.2, 0.25) is 33.5 Å². The molecule has 22 nitrogen and oxygen atoms in total. The number of likely N-dealkylation sites (tertiary alicyclic amines) is 1. The summed E-state index contributed by atoms with van der Waals surface area (Å²) in [6, 6.07) is 2.95. The van der Waals surface area contributed by atoms with Crippen molar-refractivity contribution >= 4 is 57.7 Å². The van der Waals surface area contributed by atoms with Crippen LogP contribution in [0.4, 0.5) is 14.4 Å². The van der Waals surface area contributed by atoms with Gasteiger partial charge in [0.1, 0.15) is 29.3 Å². The summed E-state index contributed by atoms with van der Waals surface area (Å²) in [5, 5.41) is 13.6. The van der Waals surface area contributed by atoms with Gasteiger partial charge in [-0.2, -0.15) is 0 Å². The maximum atomic E-state index is 14.3. The van der Waals surface area contributed by atoms with Crippen LogP contribution >= 0.6 is 0 Å². The van der Waals surface area contributed by atoms with Crippen LogP contribution in [0.1, 0.15) is 143 Å². The van der Waals surface area contributed by atoms with Gasteiger partial charge < -0.3 is 58.2 Å². The Kier molecular flexibility index (Phi) is 24.4. The smallest absolute Gasteiger partial charge is 0.408 e. The minimum absolute atomic E-state index is 0.0233. The van der Waals surface area contributed by atoms with E-state index in [4.69, 9.17) is 26.7 Å². The second-order valence-electron chi connectivity index (χ2n) is 25.1. The van der Waals surface area contributed by atoms with Crippen LogP contribution in [0.15, 0.2) is 35.2 Å². The fraction of sp³-hybridized carbons (Fsp3) is 0.741. The molecule has 2 saturated carbocycles. The van der Waals surface area contributed by atoms with Gasteiger partial charge in [0.05, 0.1) is 10.9 Å². The van der Waals surface area contributed by atoms with Crippen molar-refractivity contribution in [1.29, 1.82) is 0 Å². The van der Waals surface area contributed by atoms with E-state index in [0.717, 1.165) is 19.3 Å². The third-order valence-corrected chi connectivity index (χ3v) is 15.3. The summed E-state index contributed by atoms with van der Waals surface area (Å²) in [5.41, 5.74) is 14.0. The number of nitrogens with one attached hydrogen (secondary N) is 6. The van der Waals surface area contributed by atoms with Gasteiger partial charge in [-0.25, -0.2) is 27.5 Å². The summed E-state index contributed by atoms with van der Waals surface area (Å²) in [7, 11) is -3.81. The second-order valence-corrected chi connectivity index (χ2v) is 26.9. The topological polar surface area (TPSA) is 343 Å². The Morgan fingerprint density at radius 1 is 0.727 bits per heavy atom. The predicted octanol–water partition coefficient (Wildman–Crippen LogP) is 4.43. The lowest BCUT2D eigenvalue weighted by atomic mass is 9.80. The lowest BCUT2D eigenvalue weighted by Gasteiger charge is -2.38. The van der Waals surface area contributed by atoms with Crippen molar-refractivity contribution in [3.8, 4) is 0 Å². The lowest BCUT2D eigenvalue weighted by molar-refractivity contribution is -0.145. The number of urea groups is 1. The largest absolute Gasteiger partial charge is 0.444 e. The fourth-order valence-electron chi connectivity index (χ4n) is 8.98. The maximum absolute atomic E-state index is 14.3. The Hall–Kier alpha value is -5.55. The van der Waals surface area contributed by atoms with Gasteiger partial charge in [0.15, 0.2) is 0 Å².